The molecule has 30 heavy (non-hydrogen) atoms. The van der Waals surface area contributed by atoms with Gasteiger partial charge in [-0.2, -0.15) is 4.98 Å². The molecule has 6 nitrogen and oxygen atoms in total. The van der Waals surface area contributed by atoms with Gasteiger partial charge >= 0.3 is 0 Å². The number of nitrogens with one attached hydrogen (secondary N) is 1. The van der Waals surface area contributed by atoms with E-state index in [-0.39, 0.29) is 0 Å². The zero-order chi connectivity index (χ0) is 20.2. The Morgan fingerprint density at radius 1 is 0.867 bits per heavy atom. The van der Waals surface area contributed by atoms with Gasteiger partial charge < -0.3 is 15.1 Å². The lowest BCUT2D eigenvalue weighted by Crippen LogP contribution is -2.47. The van der Waals surface area contributed by atoms with Crippen molar-refractivity contribution in [2.45, 2.75) is 6.42 Å². The van der Waals surface area contributed by atoms with Crippen LogP contribution in [0, 0.1) is 0 Å². The summed E-state index contributed by atoms with van der Waals surface area (Å²) in [7, 11) is 0. The van der Waals surface area contributed by atoms with Crippen molar-refractivity contribution in [2.24, 2.45) is 0 Å². The number of benzene rings is 1. The summed E-state index contributed by atoms with van der Waals surface area (Å²) in [6, 6.07) is 18.6. The van der Waals surface area contributed by atoms with Crippen LogP contribution in [0.2, 0.25) is 0 Å². The fraction of sp³-hybridized carbons (Fsp3) is 0.261. The average molecular weight is 417 g/mol. The number of aromatic nitrogens is 3. The number of anilines is 3. The number of hydrogen-bond donors (Lipinski definition) is 1. The largest absolute Gasteiger partial charge is 0.369 e. The van der Waals surface area contributed by atoms with E-state index in [1.54, 1.807) is 11.3 Å². The molecular weight excluding hydrogens is 392 g/mol. The molecule has 1 aromatic carbocycles. The van der Waals surface area contributed by atoms with Crippen LogP contribution in [0.4, 0.5) is 17.6 Å². The Morgan fingerprint density at radius 2 is 1.70 bits per heavy atom. The molecule has 5 rings (SSSR count). The Morgan fingerprint density at radius 3 is 2.50 bits per heavy atom. The maximum Gasteiger partial charge on any atom is 0.228 e. The Balaban J connectivity index is 1.33. The van der Waals surface area contributed by atoms with Crippen LogP contribution in [-0.2, 0) is 6.42 Å². The Bertz CT molecular complexity index is 1090. The lowest BCUT2D eigenvalue weighted by atomic mass is 10.2. The standard InChI is InChI=1S/C23H24N6S/c1-2-8-20-19(7-1)22(25-12-10-18-6-5-17-30-18)27-23(26-20)29-15-13-28(14-16-29)21-9-3-4-11-24-21/h1-9,11,17H,10,12-16H2,(H,25,26,27). The van der Waals surface area contributed by atoms with Crippen LogP contribution in [0.1, 0.15) is 4.88 Å². The number of nitrogens with zero attached hydrogens (tertiary/aromatic N) is 5. The van der Waals surface area contributed by atoms with E-state index in [0.717, 1.165) is 67.6 Å². The van der Waals surface area contributed by atoms with Crippen LogP contribution in [0.5, 0.6) is 0 Å². The SMILES string of the molecule is c1ccc(N2CCN(c3nc(NCCc4cccs4)c4ccccc4n3)CC2)nc1. The molecule has 0 unspecified atom stereocenters. The zero-order valence-electron chi connectivity index (χ0n) is 16.7. The Labute approximate surface area is 180 Å². The van der Waals surface area contributed by atoms with Crippen molar-refractivity contribution in [3.8, 4) is 0 Å². The highest BCUT2D eigenvalue weighted by atomic mass is 32.1. The van der Waals surface area contributed by atoms with Crippen LogP contribution in [0.25, 0.3) is 10.9 Å². The lowest BCUT2D eigenvalue weighted by Gasteiger charge is -2.35. The van der Waals surface area contributed by atoms with Crippen molar-refractivity contribution in [3.63, 3.8) is 0 Å². The summed E-state index contributed by atoms with van der Waals surface area (Å²) in [4.78, 5) is 20.2. The molecule has 0 radical (unpaired) electrons. The highest BCUT2D eigenvalue weighted by Crippen LogP contribution is 2.25. The molecule has 0 saturated carbocycles. The number of rotatable bonds is 6. The minimum absolute atomic E-state index is 0.799. The van der Waals surface area contributed by atoms with Gasteiger partial charge in [-0.25, -0.2) is 9.97 Å². The maximum absolute atomic E-state index is 4.91. The molecule has 1 saturated heterocycles. The van der Waals surface area contributed by atoms with Gasteiger partial charge in [0.25, 0.3) is 0 Å². The topological polar surface area (TPSA) is 57.2 Å². The van der Waals surface area contributed by atoms with Gasteiger partial charge in [-0.05, 0) is 42.1 Å². The average Bonchev–Trinajstić information content (AvgIpc) is 3.33. The fourth-order valence-corrected chi connectivity index (χ4v) is 4.48. The Hall–Kier alpha value is -3.19. The first-order valence-corrected chi connectivity index (χ1v) is 11.2. The van der Waals surface area contributed by atoms with Crippen molar-refractivity contribution in [1.82, 2.24) is 15.0 Å². The second-order valence-electron chi connectivity index (χ2n) is 7.31. The third kappa shape index (κ3) is 4.07. The summed E-state index contributed by atoms with van der Waals surface area (Å²) in [5, 5.41) is 6.74. The molecule has 152 valence electrons. The molecule has 4 aromatic rings. The predicted molar refractivity (Wildman–Crippen MR) is 125 cm³/mol. The summed E-state index contributed by atoms with van der Waals surface area (Å²) in [5.74, 6) is 2.75. The number of pyridine rings is 1. The summed E-state index contributed by atoms with van der Waals surface area (Å²) in [6.45, 7) is 4.43. The van der Waals surface area contributed by atoms with Gasteiger partial charge in [0.15, 0.2) is 0 Å². The van der Waals surface area contributed by atoms with Crippen molar-refractivity contribution in [3.05, 3.63) is 71.1 Å². The zero-order valence-corrected chi connectivity index (χ0v) is 17.6. The highest BCUT2D eigenvalue weighted by molar-refractivity contribution is 7.09. The van der Waals surface area contributed by atoms with Gasteiger partial charge in [-0.15, -0.1) is 11.3 Å². The minimum atomic E-state index is 0.799. The number of hydrogen-bond acceptors (Lipinski definition) is 7. The minimum Gasteiger partial charge on any atom is -0.369 e. The molecule has 3 aromatic heterocycles. The smallest absolute Gasteiger partial charge is 0.228 e. The first kappa shape index (κ1) is 18.8. The van der Waals surface area contributed by atoms with Gasteiger partial charge in [-0.3, -0.25) is 0 Å². The van der Waals surface area contributed by atoms with Crippen molar-refractivity contribution in [1.29, 1.82) is 0 Å². The summed E-state index contributed by atoms with van der Waals surface area (Å²) in [5.41, 5.74) is 0.980. The normalized spacial score (nSPS) is 14.3. The number of piperazine rings is 1. The van der Waals surface area contributed by atoms with E-state index >= 15 is 0 Å². The van der Waals surface area contributed by atoms with Gasteiger partial charge in [0.1, 0.15) is 11.6 Å². The molecule has 7 heteroatoms. The van der Waals surface area contributed by atoms with E-state index in [1.165, 1.54) is 4.88 Å². The lowest BCUT2D eigenvalue weighted by molar-refractivity contribution is 0.636. The summed E-state index contributed by atoms with van der Waals surface area (Å²) >= 11 is 1.80. The molecular formula is C23H24N6S. The summed E-state index contributed by atoms with van der Waals surface area (Å²) < 4.78 is 0. The van der Waals surface area contributed by atoms with Crippen molar-refractivity contribution < 1.29 is 0 Å². The summed E-state index contributed by atoms with van der Waals surface area (Å²) in [6.07, 6.45) is 2.84. The van der Waals surface area contributed by atoms with Crippen LogP contribution in [-0.4, -0.2) is 47.7 Å². The monoisotopic (exact) mass is 416 g/mol. The molecule has 1 N–H and O–H groups in total. The molecule has 0 amide bonds. The predicted octanol–water partition coefficient (Wildman–Crippen LogP) is 4.07. The number of fused-ring (bicyclic) bond motifs is 1. The first-order chi connectivity index (χ1) is 14.9. The third-order valence-corrected chi connectivity index (χ3v) is 6.31. The molecule has 1 aliphatic heterocycles. The molecule has 0 spiro atoms. The van der Waals surface area contributed by atoms with E-state index < -0.39 is 0 Å². The fourth-order valence-electron chi connectivity index (χ4n) is 3.78. The van der Waals surface area contributed by atoms with Crippen molar-refractivity contribution in [2.75, 3.05) is 47.8 Å². The van der Waals surface area contributed by atoms with Crippen LogP contribution in [0.15, 0.2) is 66.2 Å². The van der Waals surface area contributed by atoms with Crippen LogP contribution in [0.3, 0.4) is 0 Å². The molecule has 0 bridgehead atoms. The molecule has 0 atom stereocenters. The van der Waals surface area contributed by atoms with Crippen molar-refractivity contribution >= 4 is 39.8 Å². The molecule has 0 aliphatic carbocycles. The maximum atomic E-state index is 4.91. The third-order valence-electron chi connectivity index (χ3n) is 5.37. The second kappa shape index (κ2) is 8.67. The van der Waals surface area contributed by atoms with Gasteiger partial charge in [0, 0.05) is 49.2 Å². The molecule has 1 aliphatic rings. The quantitative estimate of drug-likeness (QED) is 0.511. The Kier molecular flexibility index (Phi) is 5.44. The van der Waals surface area contributed by atoms with E-state index in [9.17, 15) is 0 Å². The van der Waals surface area contributed by atoms with E-state index in [0.29, 0.717) is 0 Å². The van der Waals surface area contributed by atoms with Gasteiger partial charge in [-0.1, -0.05) is 24.3 Å². The molecule has 1 fully saturated rings. The van der Waals surface area contributed by atoms with E-state index in [4.69, 9.17) is 9.97 Å². The first-order valence-electron chi connectivity index (χ1n) is 10.3. The number of thiophene rings is 1. The van der Waals surface area contributed by atoms with E-state index in [2.05, 4.69) is 55.8 Å². The van der Waals surface area contributed by atoms with Gasteiger partial charge in [0.05, 0.1) is 5.52 Å². The second-order valence-corrected chi connectivity index (χ2v) is 8.34. The molecule has 4 heterocycles. The van der Waals surface area contributed by atoms with E-state index in [1.807, 2.05) is 30.5 Å². The van der Waals surface area contributed by atoms with Gasteiger partial charge in [0.2, 0.25) is 5.95 Å². The number of para-hydroxylation sites is 1. The highest BCUT2D eigenvalue weighted by Gasteiger charge is 2.21. The van der Waals surface area contributed by atoms with Crippen LogP contribution < -0.4 is 15.1 Å². The van der Waals surface area contributed by atoms with Crippen LogP contribution >= 0.6 is 11.3 Å².